The monoisotopic (exact) mass is 487 g/mol. The van der Waals surface area contributed by atoms with Gasteiger partial charge in [-0.15, -0.1) is 0 Å². The number of nitrogens with zero attached hydrogens (tertiary/aromatic N) is 4. The fourth-order valence-electron chi connectivity index (χ4n) is 4.98. The van der Waals surface area contributed by atoms with E-state index in [2.05, 4.69) is 16.4 Å². The second-order valence-electron chi connectivity index (χ2n) is 9.33. The average molecular weight is 488 g/mol. The Labute approximate surface area is 209 Å². The summed E-state index contributed by atoms with van der Waals surface area (Å²) in [7, 11) is 0. The van der Waals surface area contributed by atoms with E-state index in [-0.39, 0.29) is 35.2 Å². The fourth-order valence-corrected chi connectivity index (χ4v) is 4.98. The van der Waals surface area contributed by atoms with Gasteiger partial charge in [-0.25, -0.2) is 0 Å². The summed E-state index contributed by atoms with van der Waals surface area (Å²) in [5.74, 6) is 1.28. The molecule has 9 heteroatoms. The van der Waals surface area contributed by atoms with Gasteiger partial charge >= 0.3 is 0 Å². The molecule has 2 fully saturated rings. The van der Waals surface area contributed by atoms with Crippen molar-refractivity contribution in [2.75, 3.05) is 31.1 Å². The third kappa shape index (κ3) is 5.13. The van der Waals surface area contributed by atoms with Crippen molar-refractivity contribution in [2.24, 2.45) is 11.8 Å². The minimum absolute atomic E-state index is 0.0566. The second kappa shape index (κ2) is 10.7. The van der Waals surface area contributed by atoms with Gasteiger partial charge in [0, 0.05) is 44.6 Å². The molecule has 0 saturated carbocycles. The Morgan fingerprint density at radius 1 is 1.00 bits per heavy atom. The van der Waals surface area contributed by atoms with Crippen molar-refractivity contribution < 1.29 is 18.4 Å². The molecule has 0 radical (unpaired) electrons. The lowest BCUT2D eigenvalue weighted by atomic mass is 9.91. The predicted molar refractivity (Wildman–Crippen MR) is 131 cm³/mol. The number of amides is 2. The van der Waals surface area contributed by atoms with Crippen LogP contribution in [0.2, 0.25) is 0 Å². The Morgan fingerprint density at radius 3 is 2.39 bits per heavy atom. The number of hydrogen-bond donors (Lipinski definition) is 1. The Morgan fingerprint density at radius 2 is 1.72 bits per heavy atom. The Kier molecular flexibility index (Phi) is 7.03. The lowest BCUT2D eigenvalue weighted by molar-refractivity contribution is -0.139. The maximum absolute atomic E-state index is 13.2. The van der Waals surface area contributed by atoms with Crippen LogP contribution in [-0.2, 0) is 16.1 Å². The molecule has 2 saturated heterocycles. The molecule has 9 nitrogen and oxygen atoms in total. The standard InChI is InChI=1S/C27H29N5O4/c28-17-22-27(36-25(30-22)23-7-4-16-35-23)32-14-10-21(11-15-32)26(34)31-12-8-20(9-13-31)24(33)29-18-19-5-2-1-3-6-19/h1-7,16,20-21H,8-15,18H2,(H,29,33). The van der Waals surface area contributed by atoms with Gasteiger partial charge in [-0.2, -0.15) is 10.2 Å². The van der Waals surface area contributed by atoms with E-state index >= 15 is 0 Å². The van der Waals surface area contributed by atoms with Gasteiger partial charge in [0.2, 0.25) is 23.4 Å². The molecule has 186 valence electrons. The summed E-state index contributed by atoms with van der Waals surface area (Å²) in [4.78, 5) is 33.9. The van der Waals surface area contributed by atoms with Crippen LogP contribution in [0.15, 0.2) is 57.6 Å². The third-order valence-corrected chi connectivity index (χ3v) is 7.07. The molecule has 0 unspecified atom stereocenters. The van der Waals surface area contributed by atoms with E-state index in [0.717, 1.165) is 5.56 Å². The number of carbonyl (C=O) groups excluding carboxylic acids is 2. The topological polar surface area (TPSA) is 116 Å². The number of likely N-dealkylation sites (tertiary alicyclic amines) is 1. The van der Waals surface area contributed by atoms with Crippen LogP contribution in [0, 0.1) is 23.2 Å². The number of benzene rings is 1. The molecule has 36 heavy (non-hydrogen) atoms. The summed E-state index contributed by atoms with van der Waals surface area (Å²) >= 11 is 0. The Balaban J connectivity index is 1.10. The first kappa shape index (κ1) is 23.7. The second-order valence-corrected chi connectivity index (χ2v) is 9.33. The van der Waals surface area contributed by atoms with Gasteiger partial charge in [0.1, 0.15) is 6.07 Å². The molecule has 0 spiro atoms. The first-order valence-corrected chi connectivity index (χ1v) is 12.4. The number of anilines is 1. The van der Waals surface area contributed by atoms with Crippen LogP contribution in [0.3, 0.4) is 0 Å². The molecule has 0 atom stereocenters. The van der Waals surface area contributed by atoms with Crippen molar-refractivity contribution in [3.8, 4) is 17.7 Å². The van der Waals surface area contributed by atoms with Crippen LogP contribution in [0.5, 0.6) is 0 Å². The zero-order valence-electron chi connectivity index (χ0n) is 20.1. The molecular formula is C27H29N5O4. The van der Waals surface area contributed by atoms with E-state index in [9.17, 15) is 14.9 Å². The zero-order valence-corrected chi connectivity index (χ0v) is 20.1. The molecule has 5 rings (SSSR count). The molecule has 2 aliphatic heterocycles. The highest BCUT2D eigenvalue weighted by Gasteiger charge is 2.34. The van der Waals surface area contributed by atoms with Gasteiger partial charge in [-0.1, -0.05) is 30.3 Å². The first-order chi connectivity index (χ1) is 17.6. The quantitative estimate of drug-likeness (QED) is 0.565. The third-order valence-electron chi connectivity index (χ3n) is 7.07. The molecule has 0 aliphatic carbocycles. The molecule has 0 bridgehead atoms. The number of aromatic nitrogens is 1. The zero-order chi connectivity index (χ0) is 24.9. The summed E-state index contributed by atoms with van der Waals surface area (Å²) in [5, 5.41) is 12.5. The average Bonchev–Trinajstić information content (AvgIpc) is 3.62. The number of nitrogens with one attached hydrogen (secondary N) is 1. The van der Waals surface area contributed by atoms with Crippen molar-refractivity contribution in [1.29, 1.82) is 5.26 Å². The number of furan rings is 1. The van der Waals surface area contributed by atoms with Gasteiger partial charge in [0.05, 0.1) is 6.26 Å². The van der Waals surface area contributed by atoms with Crippen molar-refractivity contribution in [2.45, 2.75) is 32.2 Å². The van der Waals surface area contributed by atoms with E-state index in [1.165, 1.54) is 6.26 Å². The van der Waals surface area contributed by atoms with Crippen LogP contribution in [0.25, 0.3) is 11.7 Å². The maximum Gasteiger partial charge on any atom is 0.266 e. The van der Waals surface area contributed by atoms with Gasteiger partial charge in [-0.3, -0.25) is 9.59 Å². The molecule has 2 aromatic heterocycles. The smallest absolute Gasteiger partial charge is 0.266 e. The van der Waals surface area contributed by atoms with Crippen LogP contribution >= 0.6 is 0 Å². The predicted octanol–water partition coefficient (Wildman–Crippen LogP) is 3.58. The van der Waals surface area contributed by atoms with Crippen LogP contribution in [-0.4, -0.2) is 47.9 Å². The number of rotatable bonds is 6. The number of piperidine rings is 2. The van der Waals surface area contributed by atoms with Gasteiger partial charge in [0.25, 0.3) is 5.89 Å². The van der Waals surface area contributed by atoms with Crippen molar-refractivity contribution in [3.63, 3.8) is 0 Å². The SMILES string of the molecule is N#Cc1nc(-c2ccco2)oc1N1CCC(C(=O)N2CCC(C(=O)NCc3ccccc3)CC2)CC1. The lowest BCUT2D eigenvalue weighted by Gasteiger charge is -2.37. The van der Waals surface area contributed by atoms with Gasteiger partial charge in [0.15, 0.2) is 5.76 Å². The van der Waals surface area contributed by atoms with Gasteiger partial charge in [-0.05, 0) is 43.4 Å². The van der Waals surface area contributed by atoms with E-state index in [4.69, 9.17) is 8.83 Å². The number of carbonyl (C=O) groups is 2. The number of hydrogen-bond acceptors (Lipinski definition) is 7. The van der Waals surface area contributed by atoms with Crippen LogP contribution in [0.4, 0.5) is 5.88 Å². The molecular weight excluding hydrogens is 458 g/mol. The van der Waals surface area contributed by atoms with Crippen LogP contribution < -0.4 is 10.2 Å². The molecule has 1 aromatic carbocycles. The highest BCUT2D eigenvalue weighted by atomic mass is 16.4. The molecule has 4 heterocycles. The highest BCUT2D eigenvalue weighted by molar-refractivity contribution is 5.81. The molecule has 1 N–H and O–H groups in total. The summed E-state index contributed by atoms with van der Waals surface area (Å²) < 4.78 is 11.2. The fraction of sp³-hybridized carbons (Fsp3) is 0.407. The summed E-state index contributed by atoms with van der Waals surface area (Å²) in [6, 6.07) is 15.4. The van der Waals surface area contributed by atoms with E-state index < -0.39 is 0 Å². The minimum atomic E-state index is -0.0669. The molecule has 2 aliphatic rings. The Bertz CT molecular complexity index is 1210. The van der Waals surface area contributed by atoms with Crippen molar-refractivity contribution in [3.05, 3.63) is 60.0 Å². The maximum atomic E-state index is 13.2. The highest BCUT2D eigenvalue weighted by Crippen LogP contribution is 2.32. The normalized spacial score (nSPS) is 17.1. The van der Waals surface area contributed by atoms with E-state index in [1.807, 2.05) is 40.1 Å². The molecule has 3 aromatic rings. The number of oxazole rings is 1. The van der Waals surface area contributed by atoms with Crippen LogP contribution in [0.1, 0.15) is 36.9 Å². The van der Waals surface area contributed by atoms with Crippen molar-refractivity contribution >= 4 is 17.7 Å². The van der Waals surface area contributed by atoms with E-state index in [0.29, 0.717) is 70.1 Å². The summed E-state index contributed by atoms with van der Waals surface area (Å²) in [6.07, 6.45) is 4.26. The largest absolute Gasteiger partial charge is 0.459 e. The van der Waals surface area contributed by atoms with E-state index in [1.54, 1.807) is 12.1 Å². The first-order valence-electron chi connectivity index (χ1n) is 12.4. The summed E-state index contributed by atoms with van der Waals surface area (Å²) in [5.41, 5.74) is 1.30. The molecule has 2 amide bonds. The van der Waals surface area contributed by atoms with Crippen molar-refractivity contribution in [1.82, 2.24) is 15.2 Å². The Hall–Kier alpha value is -4.06. The lowest BCUT2D eigenvalue weighted by Crippen LogP contribution is -2.47. The van der Waals surface area contributed by atoms with Gasteiger partial charge < -0.3 is 24.0 Å². The number of nitriles is 1. The summed E-state index contributed by atoms with van der Waals surface area (Å²) in [6.45, 7) is 2.96. The minimum Gasteiger partial charge on any atom is -0.459 e.